The van der Waals surface area contributed by atoms with Crippen LogP contribution in [0.4, 0.5) is 5.69 Å². The number of carbonyl (C=O) groups excluding carboxylic acids is 1. The molecule has 1 heterocycles. The number of rotatable bonds is 1. The van der Waals surface area contributed by atoms with Crippen LogP contribution in [0.5, 0.6) is 5.75 Å². The van der Waals surface area contributed by atoms with Gasteiger partial charge in [0.2, 0.25) is 0 Å². The Kier molecular flexibility index (Phi) is 2.32. The van der Waals surface area contributed by atoms with E-state index in [9.17, 15) is 4.79 Å². The highest BCUT2D eigenvalue weighted by Crippen LogP contribution is 2.21. The normalized spacial score (nSPS) is 20.6. The largest absolute Gasteiger partial charge is 0.508 e. The van der Waals surface area contributed by atoms with Crippen LogP contribution >= 0.6 is 12.2 Å². The van der Waals surface area contributed by atoms with Gasteiger partial charge in [0.15, 0.2) is 5.11 Å². The first kappa shape index (κ1) is 9.92. The molecule has 4 nitrogen and oxygen atoms in total. The van der Waals surface area contributed by atoms with Crippen molar-refractivity contribution in [3.63, 3.8) is 0 Å². The van der Waals surface area contributed by atoms with Crippen LogP contribution in [0.1, 0.15) is 6.92 Å². The molecule has 2 rings (SSSR count). The molecule has 15 heavy (non-hydrogen) atoms. The van der Waals surface area contributed by atoms with Crippen LogP contribution < -0.4 is 10.2 Å². The van der Waals surface area contributed by atoms with Gasteiger partial charge >= 0.3 is 0 Å². The first-order chi connectivity index (χ1) is 7.09. The summed E-state index contributed by atoms with van der Waals surface area (Å²) in [4.78, 5) is 13.1. The Labute approximate surface area is 92.5 Å². The van der Waals surface area contributed by atoms with Crippen molar-refractivity contribution in [3.8, 4) is 5.75 Å². The molecule has 1 aliphatic heterocycles. The summed E-state index contributed by atoms with van der Waals surface area (Å²) >= 11 is 5.04. The zero-order chi connectivity index (χ0) is 11.0. The van der Waals surface area contributed by atoms with E-state index in [0.29, 0.717) is 10.8 Å². The van der Waals surface area contributed by atoms with Crippen molar-refractivity contribution in [2.24, 2.45) is 0 Å². The van der Waals surface area contributed by atoms with E-state index in [1.165, 1.54) is 17.0 Å². The highest BCUT2D eigenvalue weighted by molar-refractivity contribution is 7.80. The van der Waals surface area contributed by atoms with Gasteiger partial charge in [-0.2, -0.15) is 0 Å². The van der Waals surface area contributed by atoms with E-state index in [2.05, 4.69) is 5.32 Å². The second kappa shape index (κ2) is 3.51. The van der Waals surface area contributed by atoms with Crippen molar-refractivity contribution in [1.29, 1.82) is 0 Å². The van der Waals surface area contributed by atoms with Gasteiger partial charge in [0.1, 0.15) is 11.8 Å². The lowest BCUT2D eigenvalue weighted by molar-refractivity contribution is -0.117. The maximum absolute atomic E-state index is 11.7. The van der Waals surface area contributed by atoms with Crippen LogP contribution in [0.3, 0.4) is 0 Å². The van der Waals surface area contributed by atoms with Gasteiger partial charge in [0.05, 0.1) is 5.69 Å². The minimum absolute atomic E-state index is 0.0781. The molecule has 2 N–H and O–H groups in total. The number of nitrogens with zero attached hydrogens (tertiary/aromatic N) is 1. The molecule has 1 fully saturated rings. The van der Waals surface area contributed by atoms with Crippen molar-refractivity contribution < 1.29 is 9.90 Å². The number of hydrogen-bond acceptors (Lipinski definition) is 3. The van der Waals surface area contributed by atoms with E-state index in [0.717, 1.165) is 0 Å². The lowest BCUT2D eigenvalue weighted by Gasteiger charge is -2.14. The minimum atomic E-state index is -0.286. The summed E-state index contributed by atoms with van der Waals surface area (Å²) in [6.45, 7) is 1.76. The molecule has 78 valence electrons. The van der Waals surface area contributed by atoms with Crippen molar-refractivity contribution >= 4 is 28.9 Å². The third-order valence-corrected chi connectivity index (χ3v) is 2.54. The standard InChI is InChI=1S/C10H10N2O2S/c1-6-9(14)12(10(15)11-6)7-2-4-8(13)5-3-7/h2-6,13H,1H3,(H,11,15). The summed E-state index contributed by atoms with van der Waals surface area (Å²) in [5, 5.41) is 12.4. The quantitative estimate of drug-likeness (QED) is 0.696. The topological polar surface area (TPSA) is 52.6 Å². The van der Waals surface area contributed by atoms with E-state index in [1.54, 1.807) is 19.1 Å². The van der Waals surface area contributed by atoms with Crippen molar-refractivity contribution in [2.45, 2.75) is 13.0 Å². The van der Waals surface area contributed by atoms with Gasteiger partial charge in [0, 0.05) is 0 Å². The second-order valence-corrected chi connectivity index (χ2v) is 3.75. The van der Waals surface area contributed by atoms with Crippen LogP contribution in [0.25, 0.3) is 0 Å². The summed E-state index contributed by atoms with van der Waals surface area (Å²) < 4.78 is 0. The SMILES string of the molecule is CC1NC(=S)N(c2ccc(O)cc2)C1=O. The first-order valence-corrected chi connectivity index (χ1v) is 4.94. The number of thiocarbonyl (C=S) groups is 1. The number of hydrogen-bond donors (Lipinski definition) is 2. The van der Waals surface area contributed by atoms with Gasteiger partial charge in [-0.25, -0.2) is 0 Å². The smallest absolute Gasteiger partial charge is 0.255 e. The fraction of sp³-hybridized carbons (Fsp3) is 0.200. The number of phenols is 1. The van der Waals surface area contributed by atoms with Gasteiger partial charge in [0.25, 0.3) is 5.91 Å². The Hall–Kier alpha value is -1.62. The van der Waals surface area contributed by atoms with Gasteiger partial charge < -0.3 is 10.4 Å². The van der Waals surface area contributed by atoms with E-state index < -0.39 is 0 Å². The second-order valence-electron chi connectivity index (χ2n) is 3.36. The van der Waals surface area contributed by atoms with Crippen molar-refractivity contribution in [3.05, 3.63) is 24.3 Å². The van der Waals surface area contributed by atoms with Gasteiger partial charge in [-0.15, -0.1) is 0 Å². The third-order valence-electron chi connectivity index (χ3n) is 2.24. The van der Waals surface area contributed by atoms with E-state index in [1.807, 2.05) is 0 Å². The minimum Gasteiger partial charge on any atom is -0.508 e. The van der Waals surface area contributed by atoms with Crippen LogP contribution in [0.15, 0.2) is 24.3 Å². The molecule has 0 radical (unpaired) electrons. The number of phenolic OH excluding ortho intramolecular Hbond substituents is 1. The van der Waals surface area contributed by atoms with E-state index in [4.69, 9.17) is 17.3 Å². The van der Waals surface area contributed by atoms with Crippen LogP contribution in [-0.4, -0.2) is 22.2 Å². The Bertz CT molecular complexity index is 416. The third kappa shape index (κ3) is 1.66. The molecule has 1 saturated heterocycles. The van der Waals surface area contributed by atoms with Gasteiger partial charge in [-0.1, -0.05) is 0 Å². The van der Waals surface area contributed by atoms with Crippen LogP contribution in [0.2, 0.25) is 0 Å². The van der Waals surface area contributed by atoms with E-state index in [-0.39, 0.29) is 17.7 Å². The number of aromatic hydroxyl groups is 1. The van der Waals surface area contributed by atoms with E-state index >= 15 is 0 Å². The maximum Gasteiger partial charge on any atom is 0.255 e. The van der Waals surface area contributed by atoms with Gasteiger partial charge in [-0.05, 0) is 43.4 Å². The Balaban J connectivity index is 2.35. The number of anilines is 1. The number of benzene rings is 1. The molecule has 1 aliphatic rings. The molecule has 0 bridgehead atoms. The summed E-state index contributed by atoms with van der Waals surface area (Å²) in [6, 6.07) is 6.06. The lowest BCUT2D eigenvalue weighted by atomic mass is 10.2. The lowest BCUT2D eigenvalue weighted by Crippen LogP contribution is -2.30. The molecule has 0 saturated carbocycles. The number of carbonyl (C=O) groups is 1. The van der Waals surface area contributed by atoms with Gasteiger partial charge in [-0.3, -0.25) is 9.69 Å². The average molecular weight is 222 g/mol. The molecule has 5 heteroatoms. The molecule has 1 amide bonds. The summed E-state index contributed by atoms with van der Waals surface area (Å²) in [5.41, 5.74) is 0.666. The molecule has 1 aromatic rings. The summed E-state index contributed by atoms with van der Waals surface area (Å²) in [6.07, 6.45) is 0. The number of nitrogens with one attached hydrogen (secondary N) is 1. The molecular weight excluding hydrogens is 212 g/mol. The molecule has 1 atom stereocenters. The molecule has 1 aromatic carbocycles. The first-order valence-electron chi connectivity index (χ1n) is 4.53. The number of amides is 1. The van der Waals surface area contributed by atoms with Crippen molar-refractivity contribution in [1.82, 2.24) is 5.32 Å². The van der Waals surface area contributed by atoms with Crippen LogP contribution in [0, 0.1) is 0 Å². The van der Waals surface area contributed by atoms with Crippen LogP contribution in [-0.2, 0) is 4.79 Å². The molecule has 0 aliphatic carbocycles. The maximum atomic E-state index is 11.7. The fourth-order valence-electron chi connectivity index (χ4n) is 1.45. The highest BCUT2D eigenvalue weighted by Gasteiger charge is 2.33. The Morgan fingerprint density at radius 1 is 1.40 bits per heavy atom. The van der Waals surface area contributed by atoms with Crippen molar-refractivity contribution in [2.75, 3.05) is 4.90 Å². The zero-order valence-electron chi connectivity index (χ0n) is 8.10. The molecule has 0 aromatic heterocycles. The Morgan fingerprint density at radius 2 is 2.00 bits per heavy atom. The predicted octanol–water partition coefficient (Wildman–Crippen LogP) is 1.00. The summed E-state index contributed by atoms with van der Waals surface area (Å²) in [5.74, 6) is 0.0861. The zero-order valence-corrected chi connectivity index (χ0v) is 8.91. The Morgan fingerprint density at radius 3 is 2.47 bits per heavy atom. The highest BCUT2D eigenvalue weighted by atomic mass is 32.1. The fourth-order valence-corrected chi connectivity index (χ4v) is 1.82. The molecule has 1 unspecified atom stereocenters. The molecular formula is C10H10N2O2S. The average Bonchev–Trinajstić information content (AvgIpc) is 2.44. The summed E-state index contributed by atoms with van der Waals surface area (Å²) in [7, 11) is 0. The monoisotopic (exact) mass is 222 g/mol. The molecule has 0 spiro atoms. The predicted molar refractivity (Wildman–Crippen MR) is 60.8 cm³/mol.